The van der Waals surface area contributed by atoms with Crippen LogP contribution in [0, 0.1) is 0 Å². The minimum absolute atomic E-state index is 0.598. The number of aromatic nitrogens is 2. The van der Waals surface area contributed by atoms with Gasteiger partial charge >= 0.3 is 0 Å². The average Bonchev–Trinajstić information content (AvgIpc) is 2.30. The number of hydrogen-bond donors (Lipinski definition) is 1. The predicted molar refractivity (Wildman–Crippen MR) is 65.2 cm³/mol. The summed E-state index contributed by atoms with van der Waals surface area (Å²) in [7, 11) is 0. The van der Waals surface area contributed by atoms with Gasteiger partial charge in [0.15, 0.2) is 0 Å². The van der Waals surface area contributed by atoms with Crippen molar-refractivity contribution in [1.29, 1.82) is 0 Å². The van der Waals surface area contributed by atoms with E-state index in [0.717, 1.165) is 23.2 Å². The molecule has 0 atom stereocenters. The second-order valence-corrected chi connectivity index (χ2v) is 3.84. The molecule has 0 radical (unpaired) electrons. The molecule has 0 aliphatic heterocycles. The van der Waals surface area contributed by atoms with Crippen LogP contribution in [0.2, 0.25) is 5.02 Å². The van der Waals surface area contributed by atoms with Crippen molar-refractivity contribution in [2.24, 2.45) is 5.73 Å². The lowest BCUT2D eigenvalue weighted by atomic mass is 10.1. The van der Waals surface area contributed by atoms with Gasteiger partial charge in [0, 0.05) is 36.3 Å². The first-order valence-electron chi connectivity index (χ1n) is 5.06. The molecule has 3 nitrogen and oxygen atoms in total. The van der Waals surface area contributed by atoms with Crippen molar-refractivity contribution in [3.63, 3.8) is 0 Å². The zero-order chi connectivity index (χ0) is 11.4. The fraction of sp³-hybridized carbons (Fsp3) is 0.167. The number of halogens is 1. The summed E-state index contributed by atoms with van der Waals surface area (Å²) in [5.74, 6) is 0. The second kappa shape index (κ2) is 5.05. The summed E-state index contributed by atoms with van der Waals surface area (Å²) in [5, 5.41) is 0.646. The highest BCUT2D eigenvalue weighted by molar-refractivity contribution is 6.33. The van der Waals surface area contributed by atoms with Gasteiger partial charge < -0.3 is 5.73 Å². The Bertz CT molecular complexity index is 485. The Kier molecular flexibility index (Phi) is 3.49. The van der Waals surface area contributed by atoms with Gasteiger partial charge in [0.1, 0.15) is 0 Å². The molecule has 0 bridgehead atoms. The van der Waals surface area contributed by atoms with E-state index in [1.54, 1.807) is 18.6 Å². The van der Waals surface area contributed by atoms with Gasteiger partial charge in [-0.1, -0.05) is 11.6 Å². The van der Waals surface area contributed by atoms with E-state index in [0.29, 0.717) is 11.6 Å². The van der Waals surface area contributed by atoms with E-state index in [9.17, 15) is 0 Å². The third kappa shape index (κ3) is 2.38. The maximum Gasteiger partial charge on any atom is 0.0667 e. The molecular weight excluding hydrogens is 222 g/mol. The molecule has 0 amide bonds. The molecule has 0 spiro atoms. The Balaban J connectivity index is 2.40. The maximum atomic E-state index is 6.08. The van der Waals surface area contributed by atoms with Crippen molar-refractivity contribution in [2.45, 2.75) is 6.42 Å². The molecule has 2 aromatic heterocycles. The fourth-order valence-corrected chi connectivity index (χ4v) is 1.77. The first-order chi connectivity index (χ1) is 7.81. The van der Waals surface area contributed by atoms with Gasteiger partial charge in [-0.05, 0) is 30.3 Å². The van der Waals surface area contributed by atoms with Crippen LogP contribution in [0.1, 0.15) is 5.69 Å². The molecule has 0 aliphatic rings. The van der Waals surface area contributed by atoms with Crippen LogP contribution >= 0.6 is 11.6 Å². The van der Waals surface area contributed by atoms with Crippen molar-refractivity contribution >= 4 is 11.6 Å². The number of hydrogen-bond acceptors (Lipinski definition) is 3. The van der Waals surface area contributed by atoms with Gasteiger partial charge in [-0.3, -0.25) is 9.97 Å². The predicted octanol–water partition coefficient (Wildman–Crippen LogP) is 2.30. The highest BCUT2D eigenvalue weighted by Gasteiger charge is 2.04. The quantitative estimate of drug-likeness (QED) is 0.885. The third-order valence-corrected chi connectivity index (χ3v) is 2.60. The SMILES string of the molecule is NCCc1cc(-c2ccncc2Cl)ccn1. The van der Waals surface area contributed by atoms with E-state index in [2.05, 4.69) is 9.97 Å². The summed E-state index contributed by atoms with van der Waals surface area (Å²) >= 11 is 6.08. The summed E-state index contributed by atoms with van der Waals surface area (Å²) in [4.78, 5) is 8.21. The van der Waals surface area contributed by atoms with Crippen molar-refractivity contribution in [3.8, 4) is 11.1 Å². The monoisotopic (exact) mass is 233 g/mol. The molecule has 2 aromatic rings. The van der Waals surface area contributed by atoms with Gasteiger partial charge in [0.25, 0.3) is 0 Å². The van der Waals surface area contributed by atoms with Gasteiger partial charge in [0.05, 0.1) is 5.02 Å². The number of nitrogens with two attached hydrogens (primary N) is 1. The highest BCUT2D eigenvalue weighted by Crippen LogP contribution is 2.26. The minimum atomic E-state index is 0.598. The van der Waals surface area contributed by atoms with Gasteiger partial charge in [-0.2, -0.15) is 0 Å². The average molecular weight is 234 g/mol. The zero-order valence-corrected chi connectivity index (χ0v) is 9.48. The smallest absolute Gasteiger partial charge is 0.0667 e. The molecule has 0 saturated heterocycles. The van der Waals surface area contributed by atoms with Crippen LogP contribution in [0.4, 0.5) is 0 Å². The number of rotatable bonds is 3. The van der Waals surface area contributed by atoms with Crippen LogP contribution in [-0.2, 0) is 6.42 Å². The third-order valence-electron chi connectivity index (χ3n) is 2.30. The van der Waals surface area contributed by atoms with Gasteiger partial charge in [-0.15, -0.1) is 0 Å². The van der Waals surface area contributed by atoms with Crippen LogP contribution in [0.5, 0.6) is 0 Å². The standard InChI is InChI=1S/C12H12ClN3/c13-12-8-15-5-3-11(12)9-2-6-16-10(7-9)1-4-14/h2-3,5-8H,1,4,14H2. The molecule has 16 heavy (non-hydrogen) atoms. The maximum absolute atomic E-state index is 6.08. The first-order valence-corrected chi connectivity index (χ1v) is 5.44. The zero-order valence-electron chi connectivity index (χ0n) is 8.73. The molecule has 2 heterocycles. The van der Waals surface area contributed by atoms with E-state index >= 15 is 0 Å². The van der Waals surface area contributed by atoms with Crippen LogP contribution in [0.3, 0.4) is 0 Å². The minimum Gasteiger partial charge on any atom is -0.330 e. The van der Waals surface area contributed by atoms with Gasteiger partial charge in [0.2, 0.25) is 0 Å². The molecule has 2 rings (SSSR count). The van der Waals surface area contributed by atoms with Crippen LogP contribution in [-0.4, -0.2) is 16.5 Å². The lowest BCUT2D eigenvalue weighted by Crippen LogP contribution is -2.04. The lowest BCUT2D eigenvalue weighted by Gasteiger charge is -2.05. The summed E-state index contributed by atoms with van der Waals surface area (Å²) < 4.78 is 0. The van der Waals surface area contributed by atoms with Crippen molar-refractivity contribution in [2.75, 3.05) is 6.54 Å². The van der Waals surface area contributed by atoms with E-state index < -0.39 is 0 Å². The molecular formula is C12H12ClN3. The normalized spacial score (nSPS) is 10.4. The van der Waals surface area contributed by atoms with Crippen molar-refractivity contribution in [3.05, 3.63) is 47.5 Å². The number of nitrogens with zero attached hydrogens (tertiary/aromatic N) is 2. The molecule has 82 valence electrons. The van der Waals surface area contributed by atoms with Gasteiger partial charge in [-0.25, -0.2) is 0 Å². The Morgan fingerprint density at radius 1 is 1.25 bits per heavy atom. The Hall–Kier alpha value is -1.45. The molecule has 0 aromatic carbocycles. The van der Waals surface area contributed by atoms with E-state index in [-0.39, 0.29) is 0 Å². The molecule has 2 N–H and O–H groups in total. The molecule has 0 aliphatic carbocycles. The van der Waals surface area contributed by atoms with Crippen molar-refractivity contribution in [1.82, 2.24) is 9.97 Å². The van der Waals surface area contributed by atoms with Crippen LogP contribution in [0.25, 0.3) is 11.1 Å². The summed E-state index contributed by atoms with van der Waals surface area (Å²) in [6.07, 6.45) is 5.91. The Morgan fingerprint density at radius 2 is 2.12 bits per heavy atom. The molecule has 0 unspecified atom stereocenters. The summed E-state index contributed by atoms with van der Waals surface area (Å²) in [6.45, 7) is 0.598. The lowest BCUT2D eigenvalue weighted by molar-refractivity contribution is 0.924. The van der Waals surface area contributed by atoms with E-state index in [1.807, 2.05) is 18.2 Å². The number of pyridine rings is 2. The summed E-state index contributed by atoms with van der Waals surface area (Å²) in [5.41, 5.74) is 8.50. The Labute approximate surface area is 99.3 Å². The van der Waals surface area contributed by atoms with Crippen LogP contribution in [0.15, 0.2) is 36.8 Å². The van der Waals surface area contributed by atoms with Crippen LogP contribution < -0.4 is 5.73 Å². The van der Waals surface area contributed by atoms with Crippen molar-refractivity contribution < 1.29 is 0 Å². The van der Waals surface area contributed by atoms with E-state index in [4.69, 9.17) is 17.3 Å². The molecule has 4 heteroatoms. The second-order valence-electron chi connectivity index (χ2n) is 3.43. The van der Waals surface area contributed by atoms with E-state index in [1.165, 1.54) is 0 Å². The largest absolute Gasteiger partial charge is 0.330 e. The highest BCUT2D eigenvalue weighted by atomic mass is 35.5. The first kappa shape index (κ1) is 11.0. The molecule has 0 fully saturated rings. The topological polar surface area (TPSA) is 51.8 Å². The fourth-order valence-electron chi connectivity index (χ4n) is 1.54. The summed E-state index contributed by atoms with van der Waals surface area (Å²) in [6, 6.07) is 5.83. The molecule has 0 saturated carbocycles. The Morgan fingerprint density at radius 3 is 2.88 bits per heavy atom.